The first-order chi connectivity index (χ1) is 18.2. The Morgan fingerprint density at radius 2 is 1.69 bits per heavy atom. The SMILES string of the molecule is COc1ccc(NC(=O)C(c2cccc(C)c2O)N(C(=O)C(NC(=O)OC(C)(C)C)C(C)C)C2CC2C)cc1. The summed E-state index contributed by atoms with van der Waals surface area (Å²) in [5, 5.41) is 16.7. The first kappa shape index (κ1) is 29.8. The number of nitrogens with one attached hydrogen (secondary N) is 2. The summed E-state index contributed by atoms with van der Waals surface area (Å²) in [6.07, 6.45) is -0.0157. The Morgan fingerprint density at radius 3 is 2.21 bits per heavy atom. The Hall–Kier alpha value is -3.75. The van der Waals surface area contributed by atoms with Crippen molar-refractivity contribution in [2.75, 3.05) is 12.4 Å². The number of amides is 3. The molecule has 0 spiro atoms. The third-order valence-corrected chi connectivity index (χ3v) is 6.73. The van der Waals surface area contributed by atoms with Crippen LogP contribution in [0.4, 0.5) is 10.5 Å². The largest absolute Gasteiger partial charge is 0.507 e. The van der Waals surface area contributed by atoms with Gasteiger partial charge >= 0.3 is 6.09 Å². The third-order valence-electron chi connectivity index (χ3n) is 6.73. The Labute approximate surface area is 230 Å². The molecule has 212 valence electrons. The molecule has 4 atom stereocenters. The maximum atomic E-state index is 14.2. The van der Waals surface area contributed by atoms with E-state index in [9.17, 15) is 19.5 Å². The van der Waals surface area contributed by atoms with Gasteiger partial charge in [-0.25, -0.2) is 4.79 Å². The second kappa shape index (κ2) is 12.0. The topological polar surface area (TPSA) is 117 Å². The van der Waals surface area contributed by atoms with Gasteiger partial charge in [0.15, 0.2) is 0 Å². The van der Waals surface area contributed by atoms with Gasteiger partial charge in [-0.15, -0.1) is 0 Å². The molecule has 9 nitrogen and oxygen atoms in total. The van der Waals surface area contributed by atoms with Crippen LogP contribution in [0.1, 0.15) is 65.1 Å². The molecule has 0 radical (unpaired) electrons. The molecule has 0 bridgehead atoms. The van der Waals surface area contributed by atoms with Crippen LogP contribution in [0.2, 0.25) is 0 Å². The predicted molar refractivity (Wildman–Crippen MR) is 150 cm³/mol. The molecular formula is C30H41N3O6. The second-order valence-corrected chi connectivity index (χ2v) is 11.5. The first-order valence-corrected chi connectivity index (χ1v) is 13.3. The summed E-state index contributed by atoms with van der Waals surface area (Å²) in [6, 6.07) is 9.66. The van der Waals surface area contributed by atoms with Gasteiger partial charge in [-0.2, -0.15) is 0 Å². The molecule has 0 aliphatic heterocycles. The van der Waals surface area contributed by atoms with Gasteiger partial charge < -0.3 is 30.1 Å². The number of nitrogens with zero attached hydrogens (tertiary/aromatic N) is 1. The number of carbonyl (C=O) groups is 3. The summed E-state index contributed by atoms with van der Waals surface area (Å²) in [5.74, 6) is -0.462. The lowest BCUT2D eigenvalue weighted by atomic mass is 9.96. The summed E-state index contributed by atoms with van der Waals surface area (Å²) in [4.78, 5) is 42.4. The van der Waals surface area contributed by atoms with Crippen molar-refractivity contribution in [3.05, 3.63) is 53.6 Å². The van der Waals surface area contributed by atoms with Crippen molar-refractivity contribution in [3.63, 3.8) is 0 Å². The molecule has 0 saturated heterocycles. The van der Waals surface area contributed by atoms with Crippen LogP contribution in [0.3, 0.4) is 0 Å². The van der Waals surface area contributed by atoms with Crippen LogP contribution in [0.5, 0.6) is 11.5 Å². The average molecular weight is 540 g/mol. The predicted octanol–water partition coefficient (Wildman–Crippen LogP) is 5.18. The van der Waals surface area contributed by atoms with Crippen molar-refractivity contribution < 1.29 is 29.0 Å². The number of phenols is 1. The number of benzene rings is 2. The van der Waals surface area contributed by atoms with Gasteiger partial charge in [-0.3, -0.25) is 9.59 Å². The number of aromatic hydroxyl groups is 1. The van der Waals surface area contributed by atoms with Gasteiger partial charge in [0, 0.05) is 17.3 Å². The highest BCUT2D eigenvalue weighted by Crippen LogP contribution is 2.43. The highest BCUT2D eigenvalue weighted by molar-refractivity contribution is 5.99. The van der Waals surface area contributed by atoms with Gasteiger partial charge in [0.2, 0.25) is 5.91 Å². The molecule has 39 heavy (non-hydrogen) atoms. The molecule has 0 aromatic heterocycles. The molecule has 3 rings (SSSR count). The highest BCUT2D eigenvalue weighted by Gasteiger charge is 2.49. The quantitative estimate of drug-likeness (QED) is 0.405. The van der Waals surface area contributed by atoms with Crippen LogP contribution >= 0.6 is 0 Å². The lowest BCUT2D eigenvalue weighted by molar-refractivity contribution is -0.142. The van der Waals surface area contributed by atoms with E-state index in [4.69, 9.17) is 9.47 Å². The number of anilines is 1. The maximum absolute atomic E-state index is 14.2. The van der Waals surface area contributed by atoms with Crippen LogP contribution in [-0.4, -0.2) is 52.7 Å². The zero-order valence-corrected chi connectivity index (χ0v) is 24.1. The molecule has 4 unspecified atom stereocenters. The van der Waals surface area contributed by atoms with Gasteiger partial charge in [0.25, 0.3) is 5.91 Å². The van der Waals surface area contributed by atoms with E-state index in [1.807, 2.05) is 20.8 Å². The van der Waals surface area contributed by atoms with E-state index >= 15 is 0 Å². The van der Waals surface area contributed by atoms with Crippen molar-refractivity contribution in [1.29, 1.82) is 0 Å². The average Bonchev–Trinajstić information content (AvgIpc) is 3.57. The van der Waals surface area contributed by atoms with E-state index in [1.54, 1.807) is 77.3 Å². The molecule has 3 N–H and O–H groups in total. The smallest absolute Gasteiger partial charge is 0.408 e. The van der Waals surface area contributed by atoms with E-state index in [1.165, 1.54) is 4.90 Å². The minimum Gasteiger partial charge on any atom is -0.507 e. The lowest BCUT2D eigenvalue weighted by Gasteiger charge is -2.36. The van der Waals surface area contributed by atoms with Gasteiger partial charge in [-0.05, 0) is 75.8 Å². The van der Waals surface area contributed by atoms with Crippen LogP contribution in [0.15, 0.2) is 42.5 Å². The Bertz CT molecular complexity index is 1190. The van der Waals surface area contributed by atoms with E-state index < -0.39 is 35.6 Å². The van der Waals surface area contributed by atoms with Crippen LogP contribution in [-0.2, 0) is 14.3 Å². The summed E-state index contributed by atoms with van der Waals surface area (Å²) < 4.78 is 10.6. The molecule has 1 aliphatic rings. The van der Waals surface area contributed by atoms with Gasteiger partial charge in [0.05, 0.1) is 7.11 Å². The number of aryl methyl sites for hydroxylation is 1. The Balaban J connectivity index is 2.05. The number of rotatable bonds is 9. The summed E-state index contributed by atoms with van der Waals surface area (Å²) in [5.41, 5.74) is 0.668. The van der Waals surface area contributed by atoms with Crippen molar-refractivity contribution in [2.45, 2.75) is 78.6 Å². The summed E-state index contributed by atoms with van der Waals surface area (Å²) in [6.45, 7) is 12.6. The minimum absolute atomic E-state index is 0.0558. The monoisotopic (exact) mass is 539 g/mol. The molecule has 1 fully saturated rings. The van der Waals surface area contributed by atoms with Crippen LogP contribution < -0.4 is 15.4 Å². The standard InChI is InChI=1S/C30H41N3O6/c1-17(2)24(32-29(37)39-30(5,6)7)28(36)33(23-16-19(23)4)25(22-11-9-10-18(3)26(22)34)27(35)31-20-12-14-21(38-8)15-13-20/h9-15,17,19,23-25,34H,16H2,1-8H3,(H,31,35)(H,32,37). The van der Waals surface area contributed by atoms with Gasteiger partial charge in [0.1, 0.15) is 29.2 Å². The second-order valence-electron chi connectivity index (χ2n) is 11.5. The lowest BCUT2D eigenvalue weighted by Crippen LogP contribution is -2.55. The fourth-order valence-electron chi connectivity index (χ4n) is 4.49. The van der Waals surface area contributed by atoms with Crippen molar-refractivity contribution >= 4 is 23.6 Å². The third kappa shape index (κ3) is 7.43. The molecular weight excluding hydrogens is 498 g/mol. The molecule has 3 amide bonds. The fourth-order valence-corrected chi connectivity index (χ4v) is 4.49. The zero-order valence-electron chi connectivity index (χ0n) is 24.1. The van der Waals surface area contributed by atoms with E-state index in [0.717, 1.165) is 0 Å². The number of hydrogen-bond acceptors (Lipinski definition) is 6. The molecule has 9 heteroatoms. The van der Waals surface area contributed by atoms with Crippen molar-refractivity contribution in [2.24, 2.45) is 11.8 Å². The number of methoxy groups -OCH3 is 1. The maximum Gasteiger partial charge on any atom is 0.408 e. The Kier molecular flexibility index (Phi) is 9.14. The van der Waals surface area contributed by atoms with E-state index in [2.05, 4.69) is 10.6 Å². The summed E-state index contributed by atoms with van der Waals surface area (Å²) >= 11 is 0. The highest BCUT2D eigenvalue weighted by atomic mass is 16.6. The van der Waals surface area contributed by atoms with E-state index in [-0.39, 0.29) is 23.6 Å². The van der Waals surface area contributed by atoms with Crippen LogP contribution in [0.25, 0.3) is 0 Å². The normalized spacial score (nSPS) is 18.1. The first-order valence-electron chi connectivity index (χ1n) is 13.3. The molecule has 2 aromatic carbocycles. The van der Waals surface area contributed by atoms with Crippen molar-refractivity contribution in [3.8, 4) is 11.5 Å². The van der Waals surface area contributed by atoms with Crippen LogP contribution in [0, 0.1) is 18.8 Å². The molecule has 2 aromatic rings. The fraction of sp³-hybridized carbons (Fsp3) is 0.500. The number of alkyl carbamates (subject to hydrolysis) is 1. The number of ether oxygens (including phenoxy) is 2. The summed E-state index contributed by atoms with van der Waals surface area (Å²) in [7, 11) is 1.56. The van der Waals surface area contributed by atoms with Gasteiger partial charge in [-0.1, -0.05) is 39.0 Å². The van der Waals surface area contributed by atoms with E-state index in [0.29, 0.717) is 29.0 Å². The number of para-hydroxylation sites is 1. The minimum atomic E-state index is -1.14. The number of hydrogen-bond donors (Lipinski definition) is 3. The molecule has 0 heterocycles. The number of phenolic OH excluding ortho intramolecular Hbond substituents is 1. The zero-order chi connectivity index (χ0) is 29.1. The molecule has 1 saturated carbocycles. The number of carbonyl (C=O) groups excluding carboxylic acids is 3. The van der Waals surface area contributed by atoms with Crippen molar-refractivity contribution in [1.82, 2.24) is 10.2 Å². The Morgan fingerprint density at radius 1 is 1.08 bits per heavy atom. The molecule has 1 aliphatic carbocycles.